The van der Waals surface area contributed by atoms with E-state index in [1.807, 2.05) is 0 Å². The summed E-state index contributed by atoms with van der Waals surface area (Å²) in [5.41, 5.74) is 1.51. The first kappa shape index (κ1) is 8.51. The summed E-state index contributed by atoms with van der Waals surface area (Å²) in [5.74, 6) is 0.689. The van der Waals surface area contributed by atoms with Gasteiger partial charge in [0.15, 0.2) is 0 Å². The molecule has 0 aliphatic heterocycles. The Morgan fingerprint density at radius 2 is 2.55 bits per heavy atom. The molecule has 0 aromatic carbocycles. The van der Waals surface area contributed by atoms with Crippen LogP contribution in [-0.2, 0) is 4.79 Å². The zero-order valence-corrected chi connectivity index (χ0v) is 7.18. The highest BCUT2D eigenvalue weighted by molar-refractivity contribution is 5.49. The number of allylic oxidation sites excluding steroid dienone is 2. The fraction of sp³-hybridized carbons (Fsp3) is 0.700. The van der Waals surface area contributed by atoms with Gasteiger partial charge in [0.25, 0.3) is 0 Å². The fourth-order valence-electron chi connectivity index (χ4n) is 1.72. The van der Waals surface area contributed by atoms with E-state index in [2.05, 4.69) is 13.0 Å². The highest BCUT2D eigenvalue weighted by Crippen LogP contribution is 2.25. The van der Waals surface area contributed by atoms with Gasteiger partial charge in [0, 0.05) is 6.42 Å². The van der Waals surface area contributed by atoms with Crippen LogP contribution in [0.3, 0.4) is 0 Å². The van der Waals surface area contributed by atoms with Gasteiger partial charge in [-0.1, -0.05) is 11.6 Å². The molecule has 0 bridgehead atoms. The largest absolute Gasteiger partial charge is 0.303 e. The molecule has 0 amide bonds. The van der Waals surface area contributed by atoms with Gasteiger partial charge >= 0.3 is 0 Å². The van der Waals surface area contributed by atoms with Crippen molar-refractivity contribution in [1.29, 1.82) is 0 Å². The lowest BCUT2D eigenvalue weighted by molar-refractivity contribution is -0.108. The van der Waals surface area contributed by atoms with E-state index < -0.39 is 0 Å². The Labute approximate surface area is 68.5 Å². The Morgan fingerprint density at radius 3 is 3.18 bits per heavy atom. The van der Waals surface area contributed by atoms with Crippen molar-refractivity contribution < 1.29 is 4.79 Å². The fourth-order valence-corrected chi connectivity index (χ4v) is 1.72. The minimum Gasteiger partial charge on any atom is -0.303 e. The third kappa shape index (κ3) is 2.87. The van der Waals surface area contributed by atoms with Crippen molar-refractivity contribution in [1.82, 2.24) is 0 Å². The topological polar surface area (TPSA) is 17.1 Å². The van der Waals surface area contributed by atoms with Gasteiger partial charge in [-0.25, -0.2) is 0 Å². The molecule has 11 heavy (non-hydrogen) atoms. The smallest absolute Gasteiger partial charge is 0.120 e. The van der Waals surface area contributed by atoms with Crippen LogP contribution in [0.2, 0.25) is 0 Å². The maximum Gasteiger partial charge on any atom is 0.120 e. The predicted octanol–water partition coefficient (Wildman–Crippen LogP) is 2.71. The van der Waals surface area contributed by atoms with Crippen LogP contribution in [0, 0.1) is 5.92 Å². The number of hydrogen-bond donors (Lipinski definition) is 0. The molecule has 1 aliphatic carbocycles. The van der Waals surface area contributed by atoms with Crippen molar-refractivity contribution in [2.24, 2.45) is 5.92 Å². The van der Waals surface area contributed by atoms with Crippen LogP contribution in [-0.4, -0.2) is 6.29 Å². The first-order valence-electron chi connectivity index (χ1n) is 4.44. The lowest BCUT2D eigenvalue weighted by Crippen LogP contribution is -2.03. The molecule has 0 unspecified atom stereocenters. The van der Waals surface area contributed by atoms with Crippen LogP contribution in [0.15, 0.2) is 11.6 Å². The molecule has 1 atom stereocenters. The normalized spacial score (nSPS) is 24.5. The van der Waals surface area contributed by atoms with E-state index >= 15 is 0 Å². The van der Waals surface area contributed by atoms with Gasteiger partial charge in [0.1, 0.15) is 6.29 Å². The van der Waals surface area contributed by atoms with E-state index in [-0.39, 0.29) is 0 Å². The van der Waals surface area contributed by atoms with Gasteiger partial charge in [0.05, 0.1) is 0 Å². The Hall–Kier alpha value is -0.590. The SMILES string of the molecule is CC1=C[C@@H](CCC=O)CCC1. The van der Waals surface area contributed by atoms with Crippen molar-refractivity contribution in [2.75, 3.05) is 0 Å². The van der Waals surface area contributed by atoms with E-state index in [1.54, 1.807) is 0 Å². The van der Waals surface area contributed by atoms with Crippen LogP contribution < -0.4 is 0 Å². The Morgan fingerprint density at radius 1 is 1.73 bits per heavy atom. The third-order valence-electron chi connectivity index (χ3n) is 2.32. The summed E-state index contributed by atoms with van der Waals surface area (Å²) in [6, 6.07) is 0. The van der Waals surface area contributed by atoms with Gasteiger partial charge in [-0.05, 0) is 38.5 Å². The molecule has 1 nitrogen and oxygen atoms in total. The average Bonchev–Trinajstić information content (AvgIpc) is 2.01. The van der Waals surface area contributed by atoms with Gasteiger partial charge < -0.3 is 4.79 Å². The molecule has 1 rings (SSSR count). The molecular weight excluding hydrogens is 136 g/mol. The summed E-state index contributed by atoms with van der Waals surface area (Å²) in [7, 11) is 0. The highest BCUT2D eigenvalue weighted by Gasteiger charge is 2.10. The predicted molar refractivity (Wildman–Crippen MR) is 46.4 cm³/mol. The molecule has 0 N–H and O–H groups in total. The minimum absolute atomic E-state index is 0.689. The van der Waals surface area contributed by atoms with Gasteiger partial charge in [-0.3, -0.25) is 0 Å². The molecule has 0 heterocycles. The minimum atomic E-state index is 0.689. The van der Waals surface area contributed by atoms with Crippen molar-refractivity contribution >= 4 is 6.29 Å². The Kier molecular flexibility index (Phi) is 3.34. The van der Waals surface area contributed by atoms with Crippen LogP contribution in [0.4, 0.5) is 0 Å². The maximum atomic E-state index is 10.1. The second-order valence-corrected chi connectivity index (χ2v) is 3.41. The molecule has 0 aromatic heterocycles. The first-order chi connectivity index (χ1) is 5.33. The second kappa shape index (κ2) is 4.32. The van der Waals surface area contributed by atoms with E-state index in [0.29, 0.717) is 5.92 Å². The number of hydrogen-bond acceptors (Lipinski definition) is 1. The van der Waals surface area contributed by atoms with Gasteiger partial charge in [-0.15, -0.1) is 0 Å². The summed E-state index contributed by atoms with van der Waals surface area (Å²) in [4.78, 5) is 10.1. The monoisotopic (exact) mass is 152 g/mol. The summed E-state index contributed by atoms with van der Waals surface area (Å²) >= 11 is 0. The second-order valence-electron chi connectivity index (χ2n) is 3.41. The number of aldehydes is 1. The van der Waals surface area contributed by atoms with E-state index in [1.165, 1.54) is 24.8 Å². The van der Waals surface area contributed by atoms with E-state index in [9.17, 15) is 4.79 Å². The molecule has 0 radical (unpaired) electrons. The van der Waals surface area contributed by atoms with Gasteiger partial charge in [0.2, 0.25) is 0 Å². The van der Waals surface area contributed by atoms with Crippen molar-refractivity contribution in [3.05, 3.63) is 11.6 Å². The van der Waals surface area contributed by atoms with Crippen LogP contribution in [0.1, 0.15) is 39.0 Å². The van der Waals surface area contributed by atoms with Crippen LogP contribution >= 0.6 is 0 Å². The molecule has 1 heteroatoms. The summed E-state index contributed by atoms with van der Waals surface area (Å²) in [6.07, 6.45) is 9.01. The van der Waals surface area contributed by atoms with Crippen LogP contribution in [0.25, 0.3) is 0 Å². The molecule has 0 spiro atoms. The molecule has 0 fully saturated rings. The van der Waals surface area contributed by atoms with Crippen molar-refractivity contribution in [3.63, 3.8) is 0 Å². The highest BCUT2D eigenvalue weighted by atomic mass is 16.1. The third-order valence-corrected chi connectivity index (χ3v) is 2.32. The number of carbonyl (C=O) groups excluding carboxylic acids is 1. The maximum absolute atomic E-state index is 10.1. The zero-order valence-electron chi connectivity index (χ0n) is 7.18. The quantitative estimate of drug-likeness (QED) is 0.449. The van der Waals surface area contributed by atoms with Crippen molar-refractivity contribution in [2.45, 2.75) is 39.0 Å². The first-order valence-corrected chi connectivity index (χ1v) is 4.44. The molecule has 0 saturated heterocycles. The number of rotatable bonds is 3. The summed E-state index contributed by atoms with van der Waals surface area (Å²) in [6.45, 7) is 2.19. The molecule has 1 aliphatic rings. The summed E-state index contributed by atoms with van der Waals surface area (Å²) in [5, 5.41) is 0. The lowest BCUT2D eigenvalue weighted by atomic mass is 9.88. The Balaban J connectivity index is 2.33. The van der Waals surface area contributed by atoms with Crippen molar-refractivity contribution in [3.8, 4) is 0 Å². The lowest BCUT2D eigenvalue weighted by Gasteiger charge is -2.17. The van der Waals surface area contributed by atoms with E-state index in [0.717, 1.165) is 19.1 Å². The van der Waals surface area contributed by atoms with Crippen LogP contribution in [0.5, 0.6) is 0 Å². The van der Waals surface area contributed by atoms with Gasteiger partial charge in [-0.2, -0.15) is 0 Å². The Bertz CT molecular complexity index is 158. The molecular formula is C10H16O. The average molecular weight is 152 g/mol. The molecule has 62 valence electrons. The summed E-state index contributed by atoms with van der Waals surface area (Å²) < 4.78 is 0. The standard InChI is InChI=1S/C10H16O/c1-9-4-2-5-10(8-9)6-3-7-11/h7-8,10H,2-6H2,1H3/t10-/m1/s1. The van der Waals surface area contributed by atoms with E-state index in [4.69, 9.17) is 0 Å². The zero-order chi connectivity index (χ0) is 8.10. The molecule has 0 aromatic rings. The number of carbonyl (C=O) groups is 1. The molecule has 0 saturated carbocycles.